The van der Waals surface area contributed by atoms with E-state index in [1.165, 1.54) is 17.0 Å². The molecule has 0 aromatic heterocycles. The molecule has 2 N–H and O–H groups in total. The number of piperazine rings is 1. The fourth-order valence-corrected chi connectivity index (χ4v) is 3.93. The lowest BCUT2D eigenvalue weighted by atomic mass is 9.83. The molecule has 2 aromatic carbocycles. The van der Waals surface area contributed by atoms with Gasteiger partial charge in [-0.2, -0.15) is 0 Å². The van der Waals surface area contributed by atoms with Crippen LogP contribution in [0.3, 0.4) is 0 Å². The highest BCUT2D eigenvalue weighted by Gasteiger charge is 2.44. The van der Waals surface area contributed by atoms with Crippen LogP contribution in [0.25, 0.3) is 0 Å². The zero-order valence-electron chi connectivity index (χ0n) is 15.3. The summed E-state index contributed by atoms with van der Waals surface area (Å²) in [5, 5.41) is 11.9. The molecular weight excluding hydrogens is 361 g/mol. The van der Waals surface area contributed by atoms with Crippen LogP contribution in [0.15, 0.2) is 66.1 Å². The molecule has 2 atom stereocenters. The average molecular weight is 381 g/mol. The smallest absolute Gasteiger partial charge is 0.275 e. The SMILES string of the molecule is CN1CC(C(c2ccccc2)c2cccc(F)c2)N2NCC(=O)C(O)=C2C1=O. The number of hydrogen-bond donors (Lipinski definition) is 2. The Kier molecular flexibility index (Phi) is 4.60. The Morgan fingerprint density at radius 3 is 2.54 bits per heavy atom. The molecule has 0 aliphatic carbocycles. The number of benzene rings is 2. The minimum Gasteiger partial charge on any atom is -0.503 e. The van der Waals surface area contributed by atoms with Gasteiger partial charge in [-0.15, -0.1) is 0 Å². The minimum atomic E-state index is -0.536. The third-order valence-corrected chi connectivity index (χ3v) is 5.23. The number of halogens is 1. The Morgan fingerprint density at radius 2 is 1.82 bits per heavy atom. The van der Waals surface area contributed by atoms with Crippen molar-refractivity contribution in [2.24, 2.45) is 0 Å². The number of rotatable bonds is 3. The molecule has 0 spiro atoms. The van der Waals surface area contributed by atoms with Crippen molar-refractivity contribution in [2.45, 2.75) is 12.0 Å². The van der Waals surface area contributed by atoms with Crippen LogP contribution in [-0.4, -0.2) is 52.9 Å². The lowest BCUT2D eigenvalue weighted by molar-refractivity contribution is -0.137. The first kappa shape index (κ1) is 18.2. The number of aliphatic hydroxyl groups excluding tert-OH is 1. The van der Waals surface area contributed by atoms with Crippen LogP contribution < -0.4 is 5.43 Å². The van der Waals surface area contributed by atoms with Gasteiger partial charge in [0.1, 0.15) is 5.82 Å². The largest absolute Gasteiger partial charge is 0.503 e. The zero-order chi connectivity index (χ0) is 19.8. The zero-order valence-corrected chi connectivity index (χ0v) is 15.3. The molecule has 1 fully saturated rings. The maximum atomic E-state index is 14.0. The Hall–Kier alpha value is -3.19. The predicted octanol–water partition coefficient (Wildman–Crippen LogP) is 1.96. The molecule has 1 saturated heterocycles. The van der Waals surface area contributed by atoms with Crippen molar-refractivity contribution in [1.29, 1.82) is 0 Å². The molecule has 1 amide bonds. The molecule has 6 nitrogen and oxygen atoms in total. The second-order valence-corrected chi connectivity index (χ2v) is 7.02. The van der Waals surface area contributed by atoms with E-state index < -0.39 is 17.4 Å². The molecule has 0 saturated carbocycles. The van der Waals surface area contributed by atoms with Gasteiger partial charge in [-0.05, 0) is 23.3 Å². The van der Waals surface area contributed by atoms with Crippen LogP contribution in [0, 0.1) is 5.82 Å². The summed E-state index contributed by atoms with van der Waals surface area (Å²) < 4.78 is 14.0. The van der Waals surface area contributed by atoms with Gasteiger partial charge in [-0.25, -0.2) is 9.82 Å². The van der Waals surface area contributed by atoms with Gasteiger partial charge in [0.15, 0.2) is 11.5 Å². The molecule has 28 heavy (non-hydrogen) atoms. The highest BCUT2D eigenvalue weighted by molar-refractivity contribution is 6.05. The number of hydrazine groups is 1. The van der Waals surface area contributed by atoms with E-state index in [1.807, 2.05) is 36.4 Å². The average Bonchev–Trinajstić information content (AvgIpc) is 2.69. The molecule has 0 radical (unpaired) electrons. The fourth-order valence-electron chi connectivity index (χ4n) is 3.93. The fraction of sp³-hybridized carbons (Fsp3) is 0.238. The van der Waals surface area contributed by atoms with E-state index in [-0.39, 0.29) is 30.0 Å². The molecule has 2 heterocycles. The number of ketones is 1. The summed E-state index contributed by atoms with van der Waals surface area (Å²) in [5.41, 5.74) is 4.59. The third-order valence-electron chi connectivity index (χ3n) is 5.23. The number of fused-ring (bicyclic) bond motifs is 1. The molecular formula is C21H20FN3O3. The number of carbonyl (C=O) groups excluding carboxylic acids is 2. The van der Waals surface area contributed by atoms with Crippen LogP contribution in [0.5, 0.6) is 0 Å². The van der Waals surface area contributed by atoms with Crippen molar-refractivity contribution in [3.63, 3.8) is 0 Å². The number of Topliss-reactive ketones (excluding diaryl/α,β-unsaturated/α-hetero) is 1. The Bertz CT molecular complexity index is 960. The Morgan fingerprint density at radius 1 is 1.11 bits per heavy atom. The highest BCUT2D eigenvalue weighted by atomic mass is 19.1. The van der Waals surface area contributed by atoms with E-state index >= 15 is 0 Å². The molecule has 0 bridgehead atoms. The van der Waals surface area contributed by atoms with Gasteiger partial charge in [0.25, 0.3) is 5.91 Å². The molecule has 144 valence electrons. The second-order valence-electron chi connectivity index (χ2n) is 7.02. The summed E-state index contributed by atoms with van der Waals surface area (Å²) >= 11 is 0. The predicted molar refractivity (Wildman–Crippen MR) is 101 cm³/mol. The number of hydrogen-bond acceptors (Lipinski definition) is 5. The van der Waals surface area contributed by atoms with Crippen molar-refractivity contribution in [1.82, 2.24) is 15.3 Å². The third kappa shape index (κ3) is 3.03. The van der Waals surface area contributed by atoms with E-state index in [9.17, 15) is 19.1 Å². The summed E-state index contributed by atoms with van der Waals surface area (Å²) in [6.07, 6.45) is 0. The number of nitrogens with zero attached hydrogens (tertiary/aromatic N) is 2. The van der Waals surface area contributed by atoms with Crippen molar-refractivity contribution < 1.29 is 19.1 Å². The normalized spacial score (nSPS) is 21.0. The summed E-state index contributed by atoms with van der Waals surface area (Å²) in [4.78, 5) is 26.0. The van der Waals surface area contributed by atoms with Crippen LogP contribution in [-0.2, 0) is 9.59 Å². The number of amides is 1. The maximum absolute atomic E-state index is 14.0. The topological polar surface area (TPSA) is 72.9 Å². The van der Waals surface area contributed by atoms with Crippen molar-refractivity contribution in [2.75, 3.05) is 20.1 Å². The van der Waals surface area contributed by atoms with E-state index in [0.717, 1.165) is 11.1 Å². The molecule has 2 aliphatic rings. The first-order valence-electron chi connectivity index (χ1n) is 9.02. The van der Waals surface area contributed by atoms with Gasteiger partial charge >= 0.3 is 0 Å². The van der Waals surface area contributed by atoms with E-state index in [0.29, 0.717) is 6.54 Å². The van der Waals surface area contributed by atoms with Crippen LogP contribution >= 0.6 is 0 Å². The van der Waals surface area contributed by atoms with Crippen molar-refractivity contribution in [3.05, 3.63) is 83.0 Å². The molecule has 7 heteroatoms. The number of nitrogens with one attached hydrogen (secondary N) is 1. The lowest BCUT2D eigenvalue weighted by Crippen LogP contribution is -2.63. The quantitative estimate of drug-likeness (QED) is 0.850. The highest BCUT2D eigenvalue weighted by Crippen LogP contribution is 2.36. The van der Waals surface area contributed by atoms with Crippen LogP contribution in [0.2, 0.25) is 0 Å². The van der Waals surface area contributed by atoms with E-state index in [4.69, 9.17) is 0 Å². The lowest BCUT2D eigenvalue weighted by Gasteiger charge is -2.47. The Balaban J connectivity index is 1.86. The summed E-state index contributed by atoms with van der Waals surface area (Å²) in [7, 11) is 1.62. The minimum absolute atomic E-state index is 0.0627. The molecule has 2 aliphatic heterocycles. The number of likely N-dealkylation sites (N-methyl/N-ethyl adjacent to an activating group) is 1. The first-order valence-corrected chi connectivity index (χ1v) is 9.02. The maximum Gasteiger partial charge on any atom is 0.275 e. The summed E-state index contributed by atoms with van der Waals surface area (Å²) in [5.74, 6) is -2.14. The molecule has 2 aromatic rings. The first-order chi connectivity index (χ1) is 13.5. The van der Waals surface area contributed by atoms with Crippen LogP contribution in [0.4, 0.5) is 4.39 Å². The number of carbonyl (C=O) groups is 2. The summed E-state index contributed by atoms with van der Waals surface area (Å²) in [6, 6.07) is 15.6. The van der Waals surface area contributed by atoms with Gasteiger partial charge in [0.2, 0.25) is 5.78 Å². The standard InChI is InChI=1S/C21H20FN3O3/c1-24-12-16(25-19(21(24)28)20(27)17(26)11-23-25)18(13-6-3-2-4-7-13)14-8-5-9-15(22)10-14/h2-10,16,18,23,27H,11-12H2,1H3. The van der Waals surface area contributed by atoms with Gasteiger partial charge in [0, 0.05) is 19.5 Å². The van der Waals surface area contributed by atoms with Gasteiger partial charge in [-0.1, -0.05) is 42.5 Å². The van der Waals surface area contributed by atoms with Gasteiger partial charge in [0.05, 0.1) is 12.6 Å². The molecule has 4 rings (SSSR count). The van der Waals surface area contributed by atoms with Gasteiger partial charge in [-0.3, -0.25) is 14.6 Å². The van der Waals surface area contributed by atoms with Crippen molar-refractivity contribution in [3.8, 4) is 0 Å². The van der Waals surface area contributed by atoms with Crippen LogP contribution in [0.1, 0.15) is 17.0 Å². The molecule has 2 unspecified atom stereocenters. The van der Waals surface area contributed by atoms with Gasteiger partial charge < -0.3 is 10.0 Å². The summed E-state index contributed by atoms with van der Waals surface area (Å²) in [6.45, 7) is 0.236. The number of aliphatic hydroxyl groups is 1. The monoisotopic (exact) mass is 381 g/mol. The van der Waals surface area contributed by atoms with E-state index in [1.54, 1.807) is 18.1 Å². The Labute approximate surface area is 161 Å². The van der Waals surface area contributed by atoms with Crippen molar-refractivity contribution >= 4 is 11.7 Å². The second kappa shape index (κ2) is 7.09. The van der Waals surface area contributed by atoms with E-state index in [2.05, 4.69) is 5.43 Å².